The maximum atomic E-state index is 13.5. The van der Waals surface area contributed by atoms with Crippen molar-refractivity contribution in [3.63, 3.8) is 0 Å². The second-order valence-electron chi connectivity index (χ2n) is 10.7. The highest BCUT2D eigenvalue weighted by molar-refractivity contribution is 6.17. The number of ether oxygens (including phenoxy) is 1. The van der Waals surface area contributed by atoms with Gasteiger partial charge in [0.15, 0.2) is 0 Å². The number of nitrogens with zero attached hydrogens (tertiary/aromatic N) is 3. The number of carbonyl (C=O) groups is 2. The van der Waals surface area contributed by atoms with Gasteiger partial charge in [0.1, 0.15) is 5.76 Å². The number of aromatic nitrogens is 2. The standard InChI is InChI=1S/C29H32N4O4/c1-15-12-32(13-16(2)36-15)29(35)20-7-8-22-23-9-21(26-17(3)31-37-18(26)4)10-24(28(30)34)27(23)33(25(22)11-20)14-19-5-6-19/h7-11,15-16,19H,5-6,12-14H2,1-4H3,(H2,30,34)/t15-,16+. The fourth-order valence-corrected chi connectivity index (χ4v) is 5.87. The molecule has 37 heavy (non-hydrogen) atoms. The Morgan fingerprint density at radius 2 is 1.78 bits per heavy atom. The van der Waals surface area contributed by atoms with Gasteiger partial charge in [-0.3, -0.25) is 9.59 Å². The summed E-state index contributed by atoms with van der Waals surface area (Å²) in [5.41, 5.74) is 11.3. The van der Waals surface area contributed by atoms with E-state index >= 15 is 0 Å². The van der Waals surface area contributed by atoms with E-state index in [1.165, 1.54) is 0 Å². The van der Waals surface area contributed by atoms with Crippen LogP contribution in [0.3, 0.4) is 0 Å². The minimum absolute atomic E-state index is 0.00124. The van der Waals surface area contributed by atoms with Crippen molar-refractivity contribution in [2.24, 2.45) is 11.7 Å². The Bertz CT molecular complexity index is 1530. The molecule has 0 bridgehead atoms. The highest BCUT2D eigenvalue weighted by atomic mass is 16.5. The van der Waals surface area contributed by atoms with Gasteiger partial charge in [0.05, 0.1) is 29.0 Å². The smallest absolute Gasteiger partial charge is 0.254 e. The number of primary amides is 1. The lowest BCUT2D eigenvalue weighted by Crippen LogP contribution is -2.48. The lowest BCUT2D eigenvalue weighted by Gasteiger charge is -2.35. The first-order valence-electron chi connectivity index (χ1n) is 13.0. The molecule has 1 saturated carbocycles. The van der Waals surface area contributed by atoms with E-state index in [0.29, 0.717) is 35.9 Å². The van der Waals surface area contributed by atoms with Crippen LogP contribution in [-0.2, 0) is 11.3 Å². The molecule has 0 unspecified atom stereocenters. The predicted molar refractivity (Wildman–Crippen MR) is 142 cm³/mol. The van der Waals surface area contributed by atoms with Gasteiger partial charge in [-0.25, -0.2) is 0 Å². The van der Waals surface area contributed by atoms with Crippen LogP contribution in [-0.4, -0.2) is 51.7 Å². The molecule has 2 N–H and O–H groups in total. The molecule has 1 saturated heterocycles. The number of morpholine rings is 1. The number of rotatable bonds is 5. The molecule has 1 aliphatic carbocycles. The van der Waals surface area contributed by atoms with Gasteiger partial charge in [0.25, 0.3) is 11.8 Å². The number of fused-ring (bicyclic) bond motifs is 3. The highest BCUT2D eigenvalue weighted by Crippen LogP contribution is 2.40. The lowest BCUT2D eigenvalue weighted by atomic mass is 9.97. The molecule has 1 aliphatic heterocycles. The summed E-state index contributed by atoms with van der Waals surface area (Å²) in [6, 6.07) is 9.81. The van der Waals surface area contributed by atoms with Gasteiger partial charge in [-0.15, -0.1) is 0 Å². The van der Waals surface area contributed by atoms with E-state index in [2.05, 4.69) is 15.8 Å². The van der Waals surface area contributed by atoms with Crippen LogP contribution in [0.15, 0.2) is 34.9 Å². The maximum Gasteiger partial charge on any atom is 0.254 e. The van der Waals surface area contributed by atoms with Crippen LogP contribution in [0.4, 0.5) is 0 Å². The summed E-state index contributed by atoms with van der Waals surface area (Å²) in [6.45, 7) is 9.67. The molecule has 2 aliphatic rings. The third-order valence-electron chi connectivity index (χ3n) is 7.64. The average molecular weight is 501 g/mol. The third-order valence-corrected chi connectivity index (χ3v) is 7.64. The summed E-state index contributed by atoms with van der Waals surface area (Å²) in [4.78, 5) is 28.2. The molecule has 8 nitrogen and oxygen atoms in total. The zero-order chi connectivity index (χ0) is 26.0. The number of hydrogen-bond acceptors (Lipinski definition) is 5. The van der Waals surface area contributed by atoms with Crippen LogP contribution in [0.5, 0.6) is 0 Å². The van der Waals surface area contributed by atoms with Crippen molar-refractivity contribution in [1.82, 2.24) is 14.6 Å². The van der Waals surface area contributed by atoms with E-state index in [1.54, 1.807) is 0 Å². The van der Waals surface area contributed by atoms with Crippen LogP contribution < -0.4 is 5.73 Å². The monoisotopic (exact) mass is 500 g/mol. The summed E-state index contributed by atoms with van der Waals surface area (Å²) in [5.74, 6) is 0.766. The molecule has 2 aromatic heterocycles. The molecule has 3 heterocycles. The summed E-state index contributed by atoms with van der Waals surface area (Å²) in [6.07, 6.45) is 2.32. The van der Waals surface area contributed by atoms with E-state index in [9.17, 15) is 9.59 Å². The molecule has 0 spiro atoms. The molecule has 0 radical (unpaired) electrons. The second kappa shape index (κ2) is 8.73. The minimum Gasteiger partial charge on any atom is -0.372 e. The van der Waals surface area contributed by atoms with E-state index in [0.717, 1.165) is 58.0 Å². The number of benzene rings is 2. The van der Waals surface area contributed by atoms with Crippen LogP contribution in [0.2, 0.25) is 0 Å². The topological polar surface area (TPSA) is 104 Å². The maximum absolute atomic E-state index is 13.5. The molecule has 2 atom stereocenters. The molecular weight excluding hydrogens is 468 g/mol. The van der Waals surface area contributed by atoms with Crippen molar-refractivity contribution >= 4 is 33.6 Å². The molecule has 4 aromatic rings. The normalized spacial score (nSPS) is 20.2. The molecule has 2 amide bonds. The van der Waals surface area contributed by atoms with E-state index in [-0.39, 0.29) is 18.1 Å². The van der Waals surface area contributed by atoms with Gasteiger partial charge in [0.2, 0.25) is 0 Å². The SMILES string of the molecule is Cc1noc(C)c1-c1cc(C(N)=O)c2c(c1)c1ccc(C(=O)N3C[C@@H](C)O[C@@H](C)C3)cc1n2CC1CC1. The highest BCUT2D eigenvalue weighted by Gasteiger charge is 2.29. The van der Waals surface area contributed by atoms with E-state index in [4.69, 9.17) is 15.0 Å². The van der Waals surface area contributed by atoms with E-state index in [1.807, 2.05) is 56.9 Å². The quantitative estimate of drug-likeness (QED) is 0.423. The fourth-order valence-electron chi connectivity index (χ4n) is 5.87. The molecule has 2 fully saturated rings. The number of carbonyl (C=O) groups excluding carboxylic acids is 2. The first kappa shape index (κ1) is 23.7. The zero-order valence-corrected chi connectivity index (χ0v) is 21.7. The van der Waals surface area contributed by atoms with Crippen molar-refractivity contribution in [3.05, 3.63) is 52.9 Å². The molecule has 6 rings (SSSR count). The molecular formula is C29H32N4O4. The van der Waals surface area contributed by atoms with E-state index < -0.39 is 5.91 Å². The predicted octanol–water partition coefficient (Wildman–Crippen LogP) is 4.82. The average Bonchev–Trinajstić information content (AvgIpc) is 3.55. The van der Waals surface area contributed by atoms with Crippen molar-refractivity contribution in [1.29, 1.82) is 0 Å². The van der Waals surface area contributed by atoms with Crippen molar-refractivity contribution in [2.45, 2.75) is 59.3 Å². The fraction of sp³-hybridized carbons (Fsp3) is 0.414. The first-order valence-corrected chi connectivity index (χ1v) is 13.0. The Morgan fingerprint density at radius 1 is 1.05 bits per heavy atom. The number of hydrogen-bond donors (Lipinski definition) is 1. The van der Waals surface area contributed by atoms with Gasteiger partial charge < -0.3 is 24.5 Å². The summed E-state index contributed by atoms with van der Waals surface area (Å²) in [7, 11) is 0. The summed E-state index contributed by atoms with van der Waals surface area (Å²) < 4.78 is 13.4. The zero-order valence-electron chi connectivity index (χ0n) is 21.7. The first-order chi connectivity index (χ1) is 17.7. The molecule has 192 valence electrons. The largest absolute Gasteiger partial charge is 0.372 e. The van der Waals surface area contributed by atoms with Crippen molar-refractivity contribution in [3.8, 4) is 11.1 Å². The van der Waals surface area contributed by atoms with Gasteiger partial charge in [-0.1, -0.05) is 11.2 Å². The Balaban J connectivity index is 1.56. The second-order valence-corrected chi connectivity index (χ2v) is 10.7. The Kier molecular flexibility index (Phi) is 5.60. The van der Waals surface area contributed by atoms with Crippen molar-refractivity contribution in [2.75, 3.05) is 13.1 Å². The van der Waals surface area contributed by atoms with Crippen LogP contribution in [0.25, 0.3) is 32.9 Å². The van der Waals surface area contributed by atoms with Gasteiger partial charge in [0, 0.05) is 47.1 Å². The third kappa shape index (κ3) is 4.09. The van der Waals surface area contributed by atoms with Crippen LogP contribution in [0.1, 0.15) is 58.9 Å². The minimum atomic E-state index is -0.481. The number of aryl methyl sites for hydroxylation is 2. The van der Waals surface area contributed by atoms with Crippen LogP contribution >= 0.6 is 0 Å². The summed E-state index contributed by atoms with van der Waals surface area (Å²) >= 11 is 0. The Labute approximate surface area is 215 Å². The number of nitrogens with two attached hydrogens (primary N) is 1. The molecule has 2 aromatic carbocycles. The number of amides is 2. The van der Waals surface area contributed by atoms with Gasteiger partial charge in [-0.05, 0) is 76.3 Å². The Hall–Kier alpha value is -3.65. The summed E-state index contributed by atoms with van der Waals surface area (Å²) in [5, 5.41) is 6.03. The van der Waals surface area contributed by atoms with Gasteiger partial charge in [-0.2, -0.15) is 0 Å². The lowest BCUT2D eigenvalue weighted by molar-refractivity contribution is -0.0586. The Morgan fingerprint density at radius 3 is 2.41 bits per heavy atom. The molecule has 8 heteroatoms. The van der Waals surface area contributed by atoms with Crippen molar-refractivity contribution < 1.29 is 18.8 Å². The van der Waals surface area contributed by atoms with Gasteiger partial charge >= 0.3 is 0 Å². The van der Waals surface area contributed by atoms with Crippen LogP contribution in [0, 0.1) is 19.8 Å².